The third kappa shape index (κ3) is 4.85. The van der Waals surface area contributed by atoms with E-state index < -0.39 is 0 Å². The van der Waals surface area contributed by atoms with Gasteiger partial charge < -0.3 is 5.32 Å². The van der Waals surface area contributed by atoms with Crippen LogP contribution in [0.2, 0.25) is 0 Å². The second kappa shape index (κ2) is 9.21. The molecule has 0 unspecified atom stereocenters. The highest BCUT2D eigenvalue weighted by atomic mass is 35.5. The molecule has 6 heteroatoms. The van der Waals surface area contributed by atoms with E-state index in [0.29, 0.717) is 0 Å². The van der Waals surface area contributed by atoms with Crippen LogP contribution in [0.3, 0.4) is 0 Å². The molecule has 1 aromatic rings. The van der Waals surface area contributed by atoms with Crippen molar-refractivity contribution >= 4 is 36.3 Å². The molecule has 2 aliphatic heterocycles. The smallest absolute Gasteiger partial charge is 0.0452 e. The van der Waals surface area contributed by atoms with E-state index in [2.05, 4.69) is 20.0 Å². The van der Waals surface area contributed by atoms with Gasteiger partial charge in [-0.1, -0.05) is 0 Å². The molecule has 0 aromatic carbocycles. The Hall–Kier alpha value is 0.130. The fourth-order valence-corrected chi connectivity index (χ4v) is 3.99. The zero-order valence-corrected chi connectivity index (χ0v) is 14.2. The van der Waals surface area contributed by atoms with Crippen molar-refractivity contribution in [3.05, 3.63) is 17.1 Å². The lowest BCUT2D eigenvalue weighted by atomic mass is 9.79. The summed E-state index contributed by atoms with van der Waals surface area (Å²) in [5.41, 5.74) is 1.39. The number of hydrogen-bond acceptors (Lipinski definition) is 4. The van der Waals surface area contributed by atoms with Crippen LogP contribution in [0.15, 0.2) is 11.6 Å². The van der Waals surface area contributed by atoms with Gasteiger partial charge in [0.25, 0.3) is 0 Å². The van der Waals surface area contributed by atoms with E-state index in [0.717, 1.165) is 18.4 Å². The minimum absolute atomic E-state index is 0. The highest BCUT2D eigenvalue weighted by Gasteiger charge is 2.27. The van der Waals surface area contributed by atoms with Gasteiger partial charge in [0.1, 0.15) is 0 Å². The third-order valence-electron chi connectivity index (χ3n) is 4.57. The summed E-state index contributed by atoms with van der Waals surface area (Å²) in [6.07, 6.45) is 7.63. The molecule has 0 bridgehead atoms. The number of nitrogens with one attached hydrogen (secondary N) is 1. The van der Waals surface area contributed by atoms with E-state index in [4.69, 9.17) is 0 Å². The quantitative estimate of drug-likeness (QED) is 0.917. The fourth-order valence-electron chi connectivity index (χ4n) is 3.46. The first-order valence-corrected chi connectivity index (χ1v) is 8.07. The molecule has 3 nitrogen and oxygen atoms in total. The third-order valence-corrected chi connectivity index (χ3v) is 5.21. The highest BCUT2D eigenvalue weighted by molar-refractivity contribution is 7.03. The van der Waals surface area contributed by atoms with Crippen molar-refractivity contribution in [2.45, 2.75) is 32.2 Å². The van der Waals surface area contributed by atoms with Crippen LogP contribution in [-0.4, -0.2) is 35.5 Å². The second-order valence-corrected chi connectivity index (χ2v) is 6.39. The summed E-state index contributed by atoms with van der Waals surface area (Å²) in [6.45, 7) is 6.15. The van der Waals surface area contributed by atoms with Gasteiger partial charge in [0.2, 0.25) is 0 Å². The Morgan fingerprint density at radius 1 is 1.10 bits per heavy atom. The van der Waals surface area contributed by atoms with E-state index in [1.807, 2.05) is 6.20 Å². The number of hydrogen-bond donors (Lipinski definition) is 1. The molecular weight excluding hydrogens is 313 g/mol. The van der Waals surface area contributed by atoms with Crippen LogP contribution in [0, 0.1) is 11.8 Å². The van der Waals surface area contributed by atoms with Crippen LogP contribution in [0.4, 0.5) is 0 Å². The minimum atomic E-state index is 0. The standard InChI is InChI=1S/C14H23N3S.2ClH/c1-5-15-6-2-13(1)14-3-7-17(8-4-14)10-12-9-16-18-11-12;;/h9,11,13-15H,1-8,10H2;2*1H. The first-order valence-electron chi connectivity index (χ1n) is 7.23. The maximum absolute atomic E-state index is 4.18. The van der Waals surface area contributed by atoms with Crippen LogP contribution in [-0.2, 0) is 6.54 Å². The lowest BCUT2D eigenvalue weighted by molar-refractivity contribution is 0.126. The predicted octanol–water partition coefficient (Wildman–Crippen LogP) is 3.20. The van der Waals surface area contributed by atoms with Gasteiger partial charge in [-0.3, -0.25) is 4.90 Å². The number of halogens is 2. The molecule has 2 aliphatic rings. The molecule has 3 rings (SSSR count). The Morgan fingerprint density at radius 3 is 2.35 bits per heavy atom. The van der Waals surface area contributed by atoms with Gasteiger partial charge in [0, 0.05) is 18.1 Å². The van der Waals surface area contributed by atoms with Gasteiger partial charge in [-0.15, -0.1) is 24.8 Å². The second-order valence-electron chi connectivity index (χ2n) is 5.73. The van der Waals surface area contributed by atoms with E-state index in [1.165, 1.54) is 57.4 Å². The van der Waals surface area contributed by atoms with Crippen LogP contribution >= 0.6 is 36.3 Å². The van der Waals surface area contributed by atoms with Gasteiger partial charge in [0.05, 0.1) is 0 Å². The van der Waals surface area contributed by atoms with Crippen molar-refractivity contribution in [1.82, 2.24) is 14.6 Å². The number of piperidine rings is 2. The maximum atomic E-state index is 4.18. The zero-order valence-electron chi connectivity index (χ0n) is 11.8. The maximum Gasteiger partial charge on any atom is 0.0452 e. The molecule has 0 saturated carbocycles. The van der Waals surface area contributed by atoms with Gasteiger partial charge in [0.15, 0.2) is 0 Å². The van der Waals surface area contributed by atoms with Gasteiger partial charge in [-0.2, -0.15) is 0 Å². The van der Waals surface area contributed by atoms with Crippen molar-refractivity contribution < 1.29 is 0 Å². The molecule has 0 atom stereocenters. The molecule has 2 fully saturated rings. The summed E-state index contributed by atoms with van der Waals surface area (Å²) in [6, 6.07) is 0. The Morgan fingerprint density at radius 2 is 1.75 bits per heavy atom. The molecular formula is C14H25Cl2N3S. The van der Waals surface area contributed by atoms with Crippen LogP contribution in [0.5, 0.6) is 0 Å². The summed E-state index contributed by atoms with van der Waals surface area (Å²) in [5, 5.41) is 5.66. The Bertz CT molecular complexity index is 347. The highest BCUT2D eigenvalue weighted by Crippen LogP contribution is 2.31. The number of likely N-dealkylation sites (tertiary alicyclic amines) is 1. The average Bonchev–Trinajstić information content (AvgIpc) is 2.94. The van der Waals surface area contributed by atoms with E-state index in [9.17, 15) is 0 Å². The van der Waals surface area contributed by atoms with Gasteiger partial charge in [-0.25, -0.2) is 4.37 Å². The summed E-state index contributed by atoms with van der Waals surface area (Å²) in [7, 11) is 0. The fraction of sp³-hybridized carbons (Fsp3) is 0.786. The first-order chi connectivity index (χ1) is 8.92. The average molecular weight is 338 g/mol. The Kier molecular flexibility index (Phi) is 8.37. The van der Waals surface area contributed by atoms with Crippen LogP contribution in [0.25, 0.3) is 0 Å². The summed E-state index contributed by atoms with van der Waals surface area (Å²) < 4.78 is 4.18. The van der Waals surface area contributed by atoms with Crippen molar-refractivity contribution in [2.24, 2.45) is 11.8 Å². The minimum Gasteiger partial charge on any atom is -0.317 e. The normalized spacial score (nSPS) is 22.0. The van der Waals surface area contributed by atoms with E-state index >= 15 is 0 Å². The zero-order chi connectivity index (χ0) is 12.2. The van der Waals surface area contributed by atoms with Gasteiger partial charge in [-0.05, 0) is 80.8 Å². The van der Waals surface area contributed by atoms with E-state index in [1.54, 1.807) is 11.5 Å². The largest absolute Gasteiger partial charge is 0.317 e. The molecule has 1 N–H and O–H groups in total. The summed E-state index contributed by atoms with van der Waals surface area (Å²) in [4.78, 5) is 2.60. The molecule has 2 saturated heterocycles. The molecule has 3 heterocycles. The summed E-state index contributed by atoms with van der Waals surface area (Å²) in [5.74, 6) is 1.99. The molecule has 20 heavy (non-hydrogen) atoms. The molecule has 0 amide bonds. The van der Waals surface area contributed by atoms with Crippen molar-refractivity contribution in [2.75, 3.05) is 26.2 Å². The monoisotopic (exact) mass is 337 g/mol. The van der Waals surface area contributed by atoms with E-state index in [-0.39, 0.29) is 24.8 Å². The molecule has 116 valence electrons. The Labute approximate surface area is 138 Å². The van der Waals surface area contributed by atoms with Crippen molar-refractivity contribution in [3.63, 3.8) is 0 Å². The van der Waals surface area contributed by atoms with Crippen LogP contribution < -0.4 is 5.32 Å². The first kappa shape index (κ1) is 18.2. The topological polar surface area (TPSA) is 28.2 Å². The number of nitrogens with zero attached hydrogens (tertiary/aromatic N) is 2. The lowest BCUT2D eigenvalue weighted by Crippen LogP contribution is -2.39. The van der Waals surface area contributed by atoms with Crippen LogP contribution in [0.1, 0.15) is 31.2 Å². The Balaban J connectivity index is 0.000001000. The predicted molar refractivity (Wildman–Crippen MR) is 90.2 cm³/mol. The molecule has 0 spiro atoms. The summed E-state index contributed by atoms with van der Waals surface area (Å²) >= 11 is 1.57. The van der Waals surface area contributed by atoms with Crippen molar-refractivity contribution in [1.29, 1.82) is 0 Å². The number of aromatic nitrogens is 1. The number of rotatable bonds is 3. The molecule has 0 aliphatic carbocycles. The molecule has 1 aromatic heterocycles. The SMILES string of the molecule is Cl.Cl.c1nscc1CN1CCC(C2CCNCC2)CC1. The lowest BCUT2D eigenvalue weighted by Gasteiger charge is -2.37. The van der Waals surface area contributed by atoms with Crippen molar-refractivity contribution in [3.8, 4) is 0 Å². The molecule has 0 radical (unpaired) electrons. The van der Waals surface area contributed by atoms with Gasteiger partial charge >= 0.3 is 0 Å².